The third-order valence-electron chi connectivity index (χ3n) is 5.80. The van der Waals surface area contributed by atoms with Gasteiger partial charge in [0.15, 0.2) is 0 Å². The Morgan fingerprint density at radius 3 is 2.50 bits per heavy atom. The van der Waals surface area contributed by atoms with Crippen molar-refractivity contribution in [3.05, 3.63) is 72.4 Å². The van der Waals surface area contributed by atoms with Gasteiger partial charge in [-0.2, -0.15) is 0 Å². The van der Waals surface area contributed by atoms with Crippen molar-refractivity contribution in [1.82, 2.24) is 15.0 Å². The van der Waals surface area contributed by atoms with Crippen LogP contribution < -0.4 is 10.6 Å². The lowest BCUT2D eigenvalue weighted by atomic mass is 10.1. The average molecular weight is 425 g/mol. The van der Waals surface area contributed by atoms with Gasteiger partial charge in [0, 0.05) is 28.9 Å². The highest BCUT2D eigenvalue weighted by Crippen LogP contribution is 2.27. The molecule has 1 saturated carbocycles. The summed E-state index contributed by atoms with van der Waals surface area (Å²) in [5.74, 6) is 1.22. The second kappa shape index (κ2) is 8.63. The van der Waals surface area contributed by atoms with Crippen LogP contribution in [0.4, 0.5) is 11.5 Å². The quantitative estimate of drug-likeness (QED) is 0.419. The van der Waals surface area contributed by atoms with E-state index in [9.17, 15) is 9.59 Å². The molecule has 5 rings (SSSR count). The molecule has 1 aliphatic carbocycles. The van der Waals surface area contributed by atoms with E-state index >= 15 is 0 Å². The van der Waals surface area contributed by atoms with Gasteiger partial charge in [-0.3, -0.25) is 9.59 Å². The number of imidazole rings is 1. The predicted octanol–water partition coefficient (Wildman–Crippen LogP) is 5.01. The zero-order valence-corrected chi connectivity index (χ0v) is 17.5. The molecular formula is C25H23N5O2. The Balaban J connectivity index is 1.31. The van der Waals surface area contributed by atoms with Crippen LogP contribution in [-0.2, 0) is 4.79 Å². The SMILES string of the molecule is O=C(Nc1ccccn1)c1ccc2nc(-c3ccc(NC(=O)C4CCCC4)cc3)[nH]c2c1. The summed E-state index contributed by atoms with van der Waals surface area (Å²) in [6, 6.07) is 18.3. The van der Waals surface area contributed by atoms with Gasteiger partial charge in [-0.25, -0.2) is 9.97 Å². The molecule has 160 valence electrons. The van der Waals surface area contributed by atoms with Gasteiger partial charge in [0.1, 0.15) is 11.6 Å². The molecule has 2 aromatic carbocycles. The van der Waals surface area contributed by atoms with Crippen molar-refractivity contribution >= 4 is 34.4 Å². The maximum Gasteiger partial charge on any atom is 0.256 e. The van der Waals surface area contributed by atoms with Crippen molar-refractivity contribution < 1.29 is 9.59 Å². The van der Waals surface area contributed by atoms with Crippen LogP contribution in [0, 0.1) is 5.92 Å². The van der Waals surface area contributed by atoms with Gasteiger partial charge < -0.3 is 15.6 Å². The van der Waals surface area contributed by atoms with Gasteiger partial charge in [-0.05, 0) is 67.4 Å². The highest BCUT2D eigenvalue weighted by atomic mass is 16.2. The number of benzene rings is 2. The number of amides is 2. The van der Waals surface area contributed by atoms with Gasteiger partial charge in [0.25, 0.3) is 5.91 Å². The van der Waals surface area contributed by atoms with Crippen LogP contribution in [0.3, 0.4) is 0 Å². The van der Waals surface area contributed by atoms with E-state index < -0.39 is 0 Å². The normalized spacial score (nSPS) is 13.9. The fourth-order valence-corrected chi connectivity index (χ4v) is 4.06. The Hall–Kier alpha value is -4.00. The molecule has 0 unspecified atom stereocenters. The van der Waals surface area contributed by atoms with Crippen molar-refractivity contribution in [2.24, 2.45) is 5.92 Å². The number of rotatable bonds is 5. The number of aromatic nitrogens is 3. The largest absolute Gasteiger partial charge is 0.338 e. The van der Waals surface area contributed by atoms with Crippen LogP contribution in [0.1, 0.15) is 36.0 Å². The number of carbonyl (C=O) groups is 2. The topological polar surface area (TPSA) is 99.8 Å². The second-order valence-electron chi connectivity index (χ2n) is 8.03. The zero-order valence-electron chi connectivity index (χ0n) is 17.5. The first-order chi connectivity index (χ1) is 15.7. The summed E-state index contributed by atoms with van der Waals surface area (Å²) in [6.45, 7) is 0. The molecule has 4 aromatic rings. The Morgan fingerprint density at radius 2 is 1.75 bits per heavy atom. The standard InChI is InChI=1S/C25H23N5O2/c31-24(17-5-1-2-6-17)27-19-11-8-16(9-12-19)23-28-20-13-10-18(15-21(20)29-23)25(32)30-22-7-3-4-14-26-22/h3-4,7-15,17H,1-2,5-6H2,(H,27,31)(H,28,29)(H,26,30,32). The number of aromatic amines is 1. The summed E-state index contributed by atoms with van der Waals surface area (Å²) in [5.41, 5.74) is 3.75. The average Bonchev–Trinajstić information content (AvgIpc) is 3.50. The minimum atomic E-state index is -0.232. The summed E-state index contributed by atoms with van der Waals surface area (Å²) in [4.78, 5) is 36.9. The second-order valence-corrected chi connectivity index (χ2v) is 8.03. The minimum absolute atomic E-state index is 0.107. The van der Waals surface area contributed by atoms with Crippen molar-refractivity contribution in [3.8, 4) is 11.4 Å². The van der Waals surface area contributed by atoms with Gasteiger partial charge in [-0.15, -0.1) is 0 Å². The first-order valence-electron chi connectivity index (χ1n) is 10.8. The smallest absolute Gasteiger partial charge is 0.256 e. The molecule has 7 nitrogen and oxygen atoms in total. The number of pyridine rings is 1. The van der Waals surface area contributed by atoms with E-state index in [1.54, 1.807) is 30.5 Å². The van der Waals surface area contributed by atoms with E-state index in [0.717, 1.165) is 48.0 Å². The molecule has 3 N–H and O–H groups in total. The van der Waals surface area contributed by atoms with Crippen molar-refractivity contribution in [1.29, 1.82) is 0 Å². The summed E-state index contributed by atoms with van der Waals surface area (Å²) < 4.78 is 0. The molecule has 7 heteroatoms. The van der Waals surface area contributed by atoms with Crippen LogP contribution in [0.25, 0.3) is 22.4 Å². The number of fused-ring (bicyclic) bond motifs is 1. The molecule has 0 saturated heterocycles. The molecule has 32 heavy (non-hydrogen) atoms. The first-order valence-corrected chi connectivity index (χ1v) is 10.8. The number of anilines is 2. The van der Waals surface area contributed by atoms with Crippen LogP contribution in [0.15, 0.2) is 66.9 Å². The third kappa shape index (κ3) is 4.23. The Bertz CT molecular complexity index is 1260. The maximum atomic E-state index is 12.5. The fourth-order valence-electron chi connectivity index (χ4n) is 4.06. The van der Waals surface area contributed by atoms with Gasteiger partial charge in [0.2, 0.25) is 5.91 Å². The van der Waals surface area contributed by atoms with E-state index in [1.807, 2.05) is 36.4 Å². The molecule has 0 bridgehead atoms. The molecule has 2 aromatic heterocycles. The summed E-state index contributed by atoms with van der Waals surface area (Å²) in [6.07, 6.45) is 5.85. The van der Waals surface area contributed by atoms with E-state index in [0.29, 0.717) is 17.2 Å². The first kappa shape index (κ1) is 19.9. The molecule has 0 spiro atoms. The minimum Gasteiger partial charge on any atom is -0.338 e. The lowest BCUT2D eigenvalue weighted by Crippen LogP contribution is -2.20. The van der Waals surface area contributed by atoms with Crippen LogP contribution in [0.5, 0.6) is 0 Å². The van der Waals surface area contributed by atoms with Gasteiger partial charge >= 0.3 is 0 Å². The van der Waals surface area contributed by atoms with Crippen LogP contribution in [-0.4, -0.2) is 26.8 Å². The highest BCUT2D eigenvalue weighted by molar-refractivity contribution is 6.05. The molecule has 2 heterocycles. The van der Waals surface area contributed by atoms with Gasteiger partial charge in [-0.1, -0.05) is 18.9 Å². The molecule has 0 aliphatic heterocycles. The Labute approximate surface area is 185 Å². The van der Waals surface area contributed by atoms with Crippen molar-refractivity contribution in [2.45, 2.75) is 25.7 Å². The number of H-pyrrole nitrogens is 1. The van der Waals surface area contributed by atoms with E-state index in [1.165, 1.54) is 0 Å². The van der Waals surface area contributed by atoms with Gasteiger partial charge in [0.05, 0.1) is 11.0 Å². The zero-order chi connectivity index (χ0) is 21.9. The number of nitrogens with zero attached hydrogens (tertiary/aromatic N) is 2. The predicted molar refractivity (Wildman–Crippen MR) is 124 cm³/mol. The number of nitrogens with one attached hydrogen (secondary N) is 3. The summed E-state index contributed by atoms with van der Waals surface area (Å²) >= 11 is 0. The van der Waals surface area contributed by atoms with E-state index in [2.05, 4.69) is 25.6 Å². The fraction of sp³-hybridized carbons (Fsp3) is 0.200. The summed E-state index contributed by atoms with van der Waals surface area (Å²) in [5, 5.41) is 5.79. The van der Waals surface area contributed by atoms with Crippen molar-refractivity contribution in [3.63, 3.8) is 0 Å². The molecule has 1 aliphatic rings. The van der Waals surface area contributed by atoms with Crippen LogP contribution >= 0.6 is 0 Å². The Kier molecular flexibility index (Phi) is 5.37. The molecule has 0 radical (unpaired) electrons. The monoisotopic (exact) mass is 425 g/mol. The lowest BCUT2D eigenvalue weighted by molar-refractivity contribution is -0.119. The molecule has 2 amide bonds. The third-order valence-corrected chi connectivity index (χ3v) is 5.80. The van der Waals surface area contributed by atoms with E-state index in [4.69, 9.17) is 0 Å². The highest BCUT2D eigenvalue weighted by Gasteiger charge is 2.22. The molecular weight excluding hydrogens is 402 g/mol. The molecule has 0 atom stereocenters. The Morgan fingerprint density at radius 1 is 0.938 bits per heavy atom. The molecule has 1 fully saturated rings. The van der Waals surface area contributed by atoms with Crippen LogP contribution in [0.2, 0.25) is 0 Å². The van der Waals surface area contributed by atoms with Crippen molar-refractivity contribution in [2.75, 3.05) is 10.6 Å². The maximum absolute atomic E-state index is 12.5. The number of hydrogen-bond donors (Lipinski definition) is 3. The lowest BCUT2D eigenvalue weighted by Gasteiger charge is -2.10. The van der Waals surface area contributed by atoms with E-state index in [-0.39, 0.29) is 17.7 Å². The number of hydrogen-bond acceptors (Lipinski definition) is 4. The summed E-state index contributed by atoms with van der Waals surface area (Å²) in [7, 11) is 0. The number of carbonyl (C=O) groups excluding carboxylic acids is 2.